The van der Waals surface area contributed by atoms with E-state index in [1.165, 1.54) is 57.8 Å². The normalized spacial score (nSPS) is 10.7. The van der Waals surface area contributed by atoms with E-state index in [1.807, 2.05) is 0 Å². The van der Waals surface area contributed by atoms with Gasteiger partial charge in [-0.3, -0.25) is 5.43 Å². The van der Waals surface area contributed by atoms with Crippen molar-refractivity contribution in [2.75, 3.05) is 25.2 Å². The average Bonchev–Trinajstić information content (AvgIpc) is 3.08. The van der Waals surface area contributed by atoms with Gasteiger partial charge in [-0.2, -0.15) is 9.36 Å². The molecule has 9 heteroatoms. The fourth-order valence-electron chi connectivity index (χ4n) is 2.58. The van der Waals surface area contributed by atoms with E-state index in [9.17, 15) is 4.79 Å². The van der Waals surface area contributed by atoms with E-state index < -0.39 is 0 Å². The van der Waals surface area contributed by atoms with Crippen LogP contribution in [0.25, 0.3) is 0 Å². The minimum atomic E-state index is -0.295. The number of nitrogens with zero attached hydrogens (tertiary/aromatic N) is 2. The summed E-state index contributed by atoms with van der Waals surface area (Å²) >= 11 is 4.31. The first-order valence-corrected chi connectivity index (χ1v) is 11.7. The molecule has 0 atom stereocenters. The van der Waals surface area contributed by atoms with Gasteiger partial charge in [-0.15, -0.1) is 0 Å². The third kappa shape index (κ3) is 14.8. The molecule has 0 spiro atoms. The third-order valence-corrected chi connectivity index (χ3v) is 5.30. The summed E-state index contributed by atoms with van der Waals surface area (Å²) in [4.78, 5) is 15.6. The van der Waals surface area contributed by atoms with Gasteiger partial charge in [0.25, 0.3) is 0 Å². The molecule has 0 saturated heterocycles. The van der Waals surface area contributed by atoms with E-state index in [1.54, 1.807) is 0 Å². The Labute approximate surface area is 175 Å². The van der Waals surface area contributed by atoms with Crippen LogP contribution in [-0.2, 0) is 4.74 Å². The second kappa shape index (κ2) is 17.2. The van der Waals surface area contributed by atoms with E-state index in [-0.39, 0.29) is 6.03 Å². The quantitative estimate of drug-likeness (QED) is 0.216. The molecular formula is C18H34BrN5O2S. The van der Waals surface area contributed by atoms with E-state index in [0.29, 0.717) is 23.0 Å². The summed E-state index contributed by atoms with van der Waals surface area (Å²) in [7, 11) is 0. The van der Waals surface area contributed by atoms with Gasteiger partial charge in [0.2, 0.25) is 9.87 Å². The van der Waals surface area contributed by atoms with E-state index in [0.717, 1.165) is 31.0 Å². The van der Waals surface area contributed by atoms with Crippen LogP contribution in [0, 0.1) is 0 Å². The Morgan fingerprint density at radius 3 is 2.26 bits per heavy atom. The minimum Gasteiger partial charge on any atom is -0.381 e. The van der Waals surface area contributed by atoms with Crippen molar-refractivity contribution in [3.05, 3.63) is 4.73 Å². The van der Waals surface area contributed by atoms with E-state index >= 15 is 0 Å². The summed E-state index contributed by atoms with van der Waals surface area (Å²) in [6, 6.07) is -0.295. The molecule has 3 N–H and O–H groups in total. The summed E-state index contributed by atoms with van der Waals surface area (Å²) in [6.45, 7) is 4.33. The molecule has 0 radical (unpaired) electrons. The van der Waals surface area contributed by atoms with Gasteiger partial charge < -0.3 is 10.1 Å². The Hall–Kier alpha value is -0.930. The van der Waals surface area contributed by atoms with Crippen LogP contribution in [0.2, 0.25) is 0 Å². The molecule has 1 aromatic heterocycles. The number of carbonyl (C=O) groups is 1. The Morgan fingerprint density at radius 2 is 1.63 bits per heavy atom. The Balaban J connectivity index is 1.76. The molecule has 0 bridgehead atoms. The van der Waals surface area contributed by atoms with Crippen LogP contribution in [0.1, 0.15) is 77.6 Å². The minimum absolute atomic E-state index is 0.295. The molecule has 27 heavy (non-hydrogen) atoms. The molecular weight excluding hydrogens is 430 g/mol. The van der Waals surface area contributed by atoms with Crippen molar-refractivity contribution in [3.63, 3.8) is 0 Å². The lowest BCUT2D eigenvalue weighted by Crippen LogP contribution is -2.39. The fraction of sp³-hybridized carbons (Fsp3) is 0.833. The van der Waals surface area contributed by atoms with Crippen molar-refractivity contribution in [3.8, 4) is 0 Å². The van der Waals surface area contributed by atoms with Gasteiger partial charge in [-0.25, -0.2) is 10.2 Å². The molecule has 0 aromatic carbocycles. The predicted octanol–water partition coefficient (Wildman–Crippen LogP) is 5.25. The molecule has 0 aliphatic heterocycles. The molecule has 0 saturated carbocycles. The number of hydrogen-bond acceptors (Lipinski definition) is 6. The number of nitrogens with one attached hydrogen (secondary N) is 3. The zero-order valence-corrected chi connectivity index (χ0v) is 18.8. The molecule has 1 aromatic rings. The first-order valence-electron chi connectivity index (χ1n) is 10.1. The van der Waals surface area contributed by atoms with Gasteiger partial charge in [0.15, 0.2) is 0 Å². The van der Waals surface area contributed by atoms with Crippen molar-refractivity contribution in [1.29, 1.82) is 0 Å². The summed E-state index contributed by atoms with van der Waals surface area (Å²) in [5, 5.41) is 3.28. The number of aromatic nitrogens is 2. The molecule has 1 heterocycles. The molecule has 0 unspecified atom stereocenters. The van der Waals surface area contributed by atoms with Gasteiger partial charge in [-0.1, -0.05) is 64.7 Å². The fourth-order valence-corrected chi connectivity index (χ4v) is 3.52. The van der Waals surface area contributed by atoms with Crippen LogP contribution in [0.3, 0.4) is 0 Å². The number of unbranched alkanes of at least 4 members (excludes halogenated alkanes) is 9. The van der Waals surface area contributed by atoms with Crippen LogP contribution < -0.4 is 16.2 Å². The lowest BCUT2D eigenvalue weighted by molar-refractivity contribution is 0.127. The number of urea groups is 1. The Kier molecular flexibility index (Phi) is 15.3. The molecule has 0 fully saturated rings. The zero-order valence-electron chi connectivity index (χ0n) is 16.4. The number of halogens is 1. The van der Waals surface area contributed by atoms with Gasteiger partial charge in [-0.05, 0) is 28.8 Å². The van der Waals surface area contributed by atoms with Gasteiger partial charge >= 0.3 is 6.03 Å². The maximum absolute atomic E-state index is 11.6. The first kappa shape index (κ1) is 24.1. The van der Waals surface area contributed by atoms with Gasteiger partial charge in [0.05, 0.1) is 0 Å². The third-order valence-electron chi connectivity index (χ3n) is 4.08. The average molecular weight is 464 g/mol. The van der Waals surface area contributed by atoms with Gasteiger partial charge in [0, 0.05) is 31.3 Å². The standard InChI is InChI=1S/C18H34BrN5O2S/c1-2-3-4-5-6-7-8-9-10-11-14-26-15-12-13-20-17(25)22-23-18-21-16(19)24-27-18/h2-15H2,1H3,(H2,20,22,25)(H,21,23,24). The molecule has 0 aliphatic carbocycles. The smallest absolute Gasteiger partial charge is 0.333 e. The van der Waals surface area contributed by atoms with Crippen LogP contribution in [0.4, 0.5) is 9.93 Å². The number of anilines is 1. The van der Waals surface area contributed by atoms with Crippen molar-refractivity contribution in [2.24, 2.45) is 0 Å². The monoisotopic (exact) mass is 463 g/mol. The summed E-state index contributed by atoms with van der Waals surface area (Å²) in [6.07, 6.45) is 14.1. The van der Waals surface area contributed by atoms with Crippen molar-refractivity contribution >= 4 is 38.6 Å². The SMILES string of the molecule is CCCCCCCCCCCCOCCCNC(=O)NNc1nc(Br)ns1. The van der Waals surface area contributed by atoms with Crippen LogP contribution in [0.5, 0.6) is 0 Å². The van der Waals surface area contributed by atoms with Crippen molar-refractivity contribution in [2.45, 2.75) is 77.6 Å². The second-order valence-electron chi connectivity index (χ2n) is 6.52. The van der Waals surface area contributed by atoms with E-state index in [2.05, 4.69) is 48.4 Å². The lowest BCUT2D eigenvalue weighted by Gasteiger charge is -2.08. The molecule has 1 rings (SSSR count). The van der Waals surface area contributed by atoms with Crippen molar-refractivity contribution < 1.29 is 9.53 Å². The second-order valence-corrected chi connectivity index (χ2v) is 7.98. The number of amides is 2. The summed E-state index contributed by atoms with van der Waals surface area (Å²) < 4.78 is 10.0. The highest BCUT2D eigenvalue weighted by Crippen LogP contribution is 2.13. The van der Waals surface area contributed by atoms with Crippen LogP contribution in [0.15, 0.2) is 4.73 Å². The molecule has 0 aliphatic rings. The number of hydrogen-bond donors (Lipinski definition) is 3. The predicted molar refractivity (Wildman–Crippen MR) is 115 cm³/mol. The first-order chi connectivity index (χ1) is 13.2. The topological polar surface area (TPSA) is 88.2 Å². The lowest BCUT2D eigenvalue weighted by atomic mass is 10.1. The van der Waals surface area contributed by atoms with Gasteiger partial charge in [0.1, 0.15) is 0 Å². The summed E-state index contributed by atoms with van der Waals surface area (Å²) in [5.74, 6) is 0. The van der Waals surface area contributed by atoms with E-state index in [4.69, 9.17) is 4.74 Å². The Bertz CT molecular complexity index is 490. The highest BCUT2D eigenvalue weighted by molar-refractivity contribution is 9.10. The maximum Gasteiger partial charge on any atom is 0.333 e. The summed E-state index contributed by atoms with van der Waals surface area (Å²) in [5.41, 5.74) is 5.20. The largest absolute Gasteiger partial charge is 0.381 e. The number of ether oxygens (including phenoxy) is 1. The number of carbonyl (C=O) groups excluding carboxylic acids is 1. The zero-order chi connectivity index (χ0) is 19.6. The number of hydrazine groups is 1. The maximum atomic E-state index is 11.6. The highest BCUT2D eigenvalue weighted by Gasteiger charge is 2.02. The molecule has 7 nitrogen and oxygen atoms in total. The molecule has 2 amide bonds. The number of rotatable bonds is 17. The van der Waals surface area contributed by atoms with Crippen LogP contribution in [-0.4, -0.2) is 35.1 Å². The molecule has 156 valence electrons. The van der Waals surface area contributed by atoms with Crippen LogP contribution >= 0.6 is 27.5 Å². The van der Waals surface area contributed by atoms with Crippen molar-refractivity contribution in [1.82, 2.24) is 20.1 Å². The highest BCUT2D eigenvalue weighted by atomic mass is 79.9. The Morgan fingerprint density at radius 1 is 1.00 bits per heavy atom.